The lowest BCUT2D eigenvalue weighted by molar-refractivity contribution is -0.145. The predicted molar refractivity (Wildman–Crippen MR) is 68.1 cm³/mol. The fourth-order valence-corrected chi connectivity index (χ4v) is 3.20. The fourth-order valence-electron chi connectivity index (χ4n) is 3.20. The van der Waals surface area contributed by atoms with E-state index in [0.717, 1.165) is 19.3 Å². The van der Waals surface area contributed by atoms with Crippen LogP contribution in [0.5, 0.6) is 0 Å². The minimum absolute atomic E-state index is 0.0801. The molecule has 0 radical (unpaired) electrons. The number of carbonyl (C=O) groups excluding carboxylic acids is 2. The van der Waals surface area contributed by atoms with E-state index in [1.807, 2.05) is 0 Å². The number of hydrogen-bond donors (Lipinski definition) is 1. The molecule has 1 aliphatic carbocycles. The van der Waals surface area contributed by atoms with E-state index in [2.05, 4.69) is 6.92 Å². The molecule has 1 heterocycles. The van der Waals surface area contributed by atoms with Crippen molar-refractivity contribution in [3.8, 4) is 0 Å². The molecule has 1 saturated carbocycles. The molecule has 5 heteroatoms. The highest BCUT2D eigenvalue weighted by Gasteiger charge is 2.51. The number of amides is 2. The van der Waals surface area contributed by atoms with Crippen molar-refractivity contribution in [1.82, 2.24) is 4.90 Å². The van der Waals surface area contributed by atoms with Crippen molar-refractivity contribution in [1.29, 1.82) is 0 Å². The first-order chi connectivity index (χ1) is 8.95. The summed E-state index contributed by atoms with van der Waals surface area (Å²) >= 11 is 0. The normalized spacial score (nSPS) is 31.7. The monoisotopic (exact) mass is 267 g/mol. The Hall–Kier alpha value is -1.39. The van der Waals surface area contributed by atoms with Crippen molar-refractivity contribution in [2.24, 2.45) is 23.7 Å². The van der Waals surface area contributed by atoms with Gasteiger partial charge in [0.2, 0.25) is 11.8 Å². The summed E-state index contributed by atoms with van der Waals surface area (Å²) in [5.74, 6) is -1.36. The van der Waals surface area contributed by atoms with Crippen molar-refractivity contribution in [3.63, 3.8) is 0 Å². The molecular weight excluding hydrogens is 246 g/mol. The molecule has 0 aromatic rings. The molecule has 1 aliphatic heterocycles. The number of hydrogen-bond acceptors (Lipinski definition) is 3. The third kappa shape index (κ3) is 2.51. The molecule has 19 heavy (non-hydrogen) atoms. The standard InChI is InChI=1S/C14H21NO4/c1-3-9-6-10-11(7-9)13(17)15(12(10)16)5-4-8(2)14(18)19/h8-11H,3-7H2,1-2H3,(H,18,19). The lowest BCUT2D eigenvalue weighted by Gasteiger charge is -2.18. The second kappa shape index (κ2) is 5.31. The van der Waals surface area contributed by atoms with Crippen LogP contribution in [0, 0.1) is 23.7 Å². The highest BCUT2D eigenvalue weighted by Crippen LogP contribution is 2.44. The van der Waals surface area contributed by atoms with E-state index in [1.165, 1.54) is 4.90 Å². The number of carboxylic acid groups (broad SMARTS) is 1. The van der Waals surface area contributed by atoms with Crippen molar-refractivity contribution in [3.05, 3.63) is 0 Å². The Kier molecular flexibility index (Phi) is 3.92. The average Bonchev–Trinajstić information content (AvgIpc) is 2.89. The number of imide groups is 1. The molecule has 2 aliphatic rings. The van der Waals surface area contributed by atoms with E-state index in [4.69, 9.17) is 5.11 Å². The summed E-state index contributed by atoms with van der Waals surface area (Å²) < 4.78 is 0. The van der Waals surface area contributed by atoms with Gasteiger partial charge in [0.05, 0.1) is 17.8 Å². The van der Waals surface area contributed by atoms with E-state index in [-0.39, 0.29) is 30.2 Å². The number of fused-ring (bicyclic) bond motifs is 1. The number of rotatable bonds is 5. The molecule has 1 N–H and O–H groups in total. The van der Waals surface area contributed by atoms with Gasteiger partial charge in [-0.15, -0.1) is 0 Å². The Bertz CT molecular complexity index is 382. The number of likely N-dealkylation sites (tertiary alicyclic amines) is 1. The third-order valence-electron chi connectivity index (χ3n) is 4.61. The quantitative estimate of drug-likeness (QED) is 0.766. The number of nitrogens with zero attached hydrogens (tertiary/aromatic N) is 1. The molecule has 106 valence electrons. The van der Waals surface area contributed by atoms with Crippen molar-refractivity contribution >= 4 is 17.8 Å². The van der Waals surface area contributed by atoms with Crippen molar-refractivity contribution in [2.45, 2.75) is 39.5 Å². The second-order valence-corrected chi connectivity index (χ2v) is 5.81. The topological polar surface area (TPSA) is 74.7 Å². The Balaban J connectivity index is 1.97. The Morgan fingerprint density at radius 2 is 1.84 bits per heavy atom. The molecule has 2 fully saturated rings. The Morgan fingerprint density at radius 3 is 2.26 bits per heavy atom. The summed E-state index contributed by atoms with van der Waals surface area (Å²) in [5, 5.41) is 8.83. The van der Waals surface area contributed by atoms with Gasteiger partial charge in [-0.2, -0.15) is 0 Å². The molecule has 0 aromatic carbocycles. The van der Waals surface area contributed by atoms with Gasteiger partial charge in [0.1, 0.15) is 0 Å². The van der Waals surface area contributed by atoms with Crippen LogP contribution in [0.15, 0.2) is 0 Å². The van der Waals surface area contributed by atoms with Gasteiger partial charge in [-0.1, -0.05) is 20.3 Å². The minimum Gasteiger partial charge on any atom is -0.481 e. The van der Waals surface area contributed by atoms with Gasteiger partial charge in [-0.3, -0.25) is 19.3 Å². The van der Waals surface area contributed by atoms with Crippen LogP contribution < -0.4 is 0 Å². The summed E-state index contributed by atoms with van der Waals surface area (Å²) in [7, 11) is 0. The second-order valence-electron chi connectivity index (χ2n) is 5.81. The van der Waals surface area contributed by atoms with Gasteiger partial charge < -0.3 is 5.11 Å². The molecule has 3 unspecified atom stereocenters. The molecule has 5 nitrogen and oxygen atoms in total. The van der Waals surface area contributed by atoms with Crippen molar-refractivity contribution < 1.29 is 19.5 Å². The van der Waals surface area contributed by atoms with Gasteiger partial charge in [-0.05, 0) is 25.2 Å². The van der Waals surface area contributed by atoms with Crippen LogP contribution in [0.25, 0.3) is 0 Å². The van der Waals surface area contributed by atoms with Crippen LogP contribution in [0.3, 0.4) is 0 Å². The molecule has 1 saturated heterocycles. The van der Waals surface area contributed by atoms with Crippen LogP contribution in [0.2, 0.25) is 0 Å². The smallest absolute Gasteiger partial charge is 0.306 e. The highest BCUT2D eigenvalue weighted by atomic mass is 16.4. The molecular formula is C14H21NO4. The van der Waals surface area contributed by atoms with Crippen LogP contribution in [0.4, 0.5) is 0 Å². The summed E-state index contributed by atoms with van der Waals surface area (Å²) in [4.78, 5) is 36.4. The van der Waals surface area contributed by atoms with Gasteiger partial charge >= 0.3 is 5.97 Å². The maximum Gasteiger partial charge on any atom is 0.306 e. The lowest BCUT2D eigenvalue weighted by Crippen LogP contribution is -2.34. The molecule has 0 bridgehead atoms. The van der Waals surface area contributed by atoms with Crippen LogP contribution in [-0.4, -0.2) is 34.3 Å². The zero-order chi connectivity index (χ0) is 14.2. The molecule has 2 amide bonds. The van der Waals surface area contributed by atoms with Crippen LogP contribution >= 0.6 is 0 Å². The lowest BCUT2D eigenvalue weighted by atomic mass is 10.00. The van der Waals surface area contributed by atoms with E-state index in [0.29, 0.717) is 12.3 Å². The van der Waals surface area contributed by atoms with E-state index in [9.17, 15) is 14.4 Å². The molecule has 0 aromatic heterocycles. The first kappa shape index (κ1) is 14.0. The highest BCUT2D eigenvalue weighted by molar-refractivity contribution is 6.05. The molecule has 3 atom stereocenters. The first-order valence-electron chi connectivity index (χ1n) is 7.03. The maximum atomic E-state index is 12.2. The summed E-state index contributed by atoms with van der Waals surface area (Å²) in [5.41, 5.74) is 0. The number of carboxylic acids is 1. The van der Waals surface area contributed by atoms with Gasteiger partial charge in [0, 0.05) is 6.54 Å². The van der Waals surface area contributed by atoms with Gasteiger partial charge in [0.25, 0.3) is 0 Å². The number of carbonyl (C=O) groups is 3. The zero-order valence-corrected chi connectivity index (χ0v) is 11.5. The number of aliphatic carboxylic acids is 1. The van der Waals surface area contributed by atoms with Crippen molar-refractivity contribution in [2.75, 3.05) is 6.54 Å². The Labute approximate surface area is 113 Å². The van der Waals surface area contributed by atoms with E-state index >= 15 is 0 Å². The third-order valence-corrected chi connectivity index (χ3v) is 4.61. The largest absolute Gasteiger partial charge is 0.481 e. The van der Waals surface area contributed by atoms with Gasteiger partial charge in [-0.25, -0.2) is 0 Å². The fraction of sp³-hybridized carbons (Fsp3) is 0.786. The van der Waals surface area contributed by atoms with Crippen LogP contribution in [0.1, 0.15) is 39.5 Å². The molecule has 0 spiro atoms. The zero-order valence-electron chi connectivity index (χ0n) is 11.5. The minimum atomic E-state index is -0.884. The van der Waals surface area contributed by atoms with E-state index < -0.39 is 11.9 Å². The van der Waals surface area contributed by atoms with Crippen LogP contribution in [-0.2, 0) is 14.4 Å². The average molecular weight is 267 g/mol. The predicted octanol–water partition coefficient (Wildman–Crippen LogP) is 1.52. The summed E-state index contributed by atoms with van der Waals surface area (Å²) in [6.45, 7) is 3.93. The Morgan fingerprint density at radius 1 is 1.32 bits per heavy atom. The van der Waals surface area contributed by atoms with Gasteiger partial charge in [0.15, 0.2) is 0 Å². The summed E-state index contributed by atoms with van der Waals surface area (Å²) in [6, 6.07) is 0. The molecule has 2 rings (SSSR count). The first-order valence-corrected chi connectivity index (χ1v) is 7.03. The maximum absolute atomic E-state index is 12.2. The SMILES string of the molecule is CCC1CC2C(=O)N(CCC(C)C(=O)O)C(=O)C2C1. The summed E-state index contributed by atoms with van der Waals surface area (Å²) in [6.07, 6.45) is 2.99. The van der Waals surface area contributed by atoms with E-state index in [1.54, 1.807) is 6.92 Å².